The Morgan fingerprint density at radius 3 is 2.57 bits per heavy atom. The Morgan fingerprint density at radius 1 is 1.13 bits per heavy atom. The third-order valence-electron chi connectivity index (χ3n) is 4.15. The van der Waals surface area contributed by atoms with Gasteiger partial charge in [0.1, 0.15) is 18.5 Å². The molecule has 1 atom stereocenters. The molecule has 1 aliphatic rings. The van der Waals surface area contributed by atoms with Crippen LogP contribution in [-0.4, -0.2) is 25.4 Å². The molecule has 0 aliphatic carbocycles. The second-order valence-electron chi connectivity index (χ2n) is 6.04. The van der Waals surface area contributed by atoms with E-state index in [1.165, 1.54) is 6.07 Å². The first kappa shape index (κ1) is 14.1. The number of rotatable bonds is 4. The summed E-state index contributed by atoms with van der Waals surface area (Å²) in [7, 11) is 1.56. The van der Waals surface area contributed by atoms with Crippen LogP contribution in [0.3, 0.4) is 0 Å². The normalized spacial score (nSPS) is 19.2. The lowest BCUT2D eigenvalue weighted by Gasteiger charge is -2.11. The van der Waals surface area contributed by atoms with Crippen LogP contribution >= 0.6 is 0 Å². The van der Waals surface area contributed by atoms with E-state index >= 15 is 0 Å². The summed E-state index contributed by atoms with van der Waals surface area (Å²) in [5.41, 5.74) is 0.154. The van der Waals surface area contributed by atoms with Crippen molar-refractivity contribution in [1.29, 1.82) is 0 Å². The van der Waals surface area contributed by atoms with Gasteiger partial charge < -0.3 is 23.0 Å². The van der Waals surface area contributed by atoms with Crippen molar-refractivity contribution in [3.8, 4) is 11.5 Å². The van der Waals surface area contributed by atoms with Gasteiger partial charge in [0.25, 0.3) is 0 Å². The molecule has 0 saturated carbocycles. The smallest absolute Gasteiger partial charge is 0.336 e. The molecule has 0 radical (unpaired) electrons. The van der Waals surface area contributed by atoms with Crippen LogP contribution < -0.4 is 15.1 Å². The highest BCUT2D eigenvalue weighted by Gasteiger charge is 2.48. The van der Waals surface area contributed by atoms with Crippen LogP contribution in [0.15, 0.2) is 38.1 Å². The first-order valence-corrected chi connectivity index (χ1v) is 7.33. The summed E-state index contributed by atoms with van der Waals surface area (Å²) < 4.78 is 27.8. The molecule has 0 amide bonds. The van der Waals surface area contributed by atoms with Gasteiger partial charge in [-0.15, -0.1) is 0 Å². The van der Waals surface area contributed by atoms with Gasteiger partial charge in [0.05, 0.1) is 29.7 Å². The molecule has 3 heterocycles. The maximum Gasteiger partial charge on any atom is 0.336 e. The molecular formula is C17H16O6. The minimum Gasteiger partial charge on any atom is -0.495 e. The van der Waals surface area contributed by atoms with Crippen LogP contribution in [0.1, 0.15) is 13.8 Å². The number of furan rings is 1. The second-order valence-corrected chi connectivity index (χ2v) is 6.04. The molecule has 1 saturated heterocycles. The third kappa shape index (κ3) is 2.17. The molecule has 0 spiro atoms. The fraction of sp³-hybridized carbons (Fsp3) is 0.353. The minimum atomic E-state index is -0.460. The minimum absolute atomic E-state index is 0.0000908. The molecule has 1 aliphatic heterocycles. The highest BCUT2D eigenvalue weighted by molar-refractivity contribution is 6.06. The van der Waals surface area contributed by atoms with Crippen molar-refractivity contribution in [2.24, 2.45) is 0 Å². The van der Waals surface area contributed by atoms with Crippen LogP contribution in [0, 0.1) is 0 Å². The highest BCUT2D eigenvalue weighted by atomic mass is 16.6. The van der Waals surface area contributed by atoms with Gasteiger partial charge in [-0.05, 0) is 26.0 Å². The maximum atomic E-state index is 11.6. The quantitative estimate of drug-likeness (QED) is 0.544. The maximum absolute atomic E-state index is 11.6. The van der Waals surface area contributed by atoms with E-state index in [2.05, 4.69) is 0 Å². The van der Waals surface area contributed by atoms with Crippen molar-refractivity contribution in [3.63, 3.8) is 0 Å². The van der Waals surface area contributed by atoms with Crippen LogP contribution in [0.2, 0.25) is 0 Å². The first-order chi connectivity index (χ1) is 11.0. The lowest BCUT2D eigenvalue weighted by Crippen LogP contribution is -2.12. The average Bonchev–Trinajstić information content (AvgIpc) is 2.91. The number of fused-ring (bicyclic) bond motifs is 2. The second kappa shape index (κ2) is 4.76. The van der Waals surface area contributed by atoms with Crippen molar-refractivity contribution >= 4 is 21.9 Å². The number of epoxide rings is 1. The molecule has 2 aromatic heterocycles. The molecule has 0 bridgehead atoms. The average molecular weight is 316 g/mol. The first-order valence-electron chi connectivity index (χ1n) is 7.33. The predicted octanol–water partition coefficient (Wildman–Crippen LogP) is 3.10. The number of benzene rings is 1. The van der Waals surface area contributed by atoms with Crippen molar-refractivity contribution < 1.29 is 23.0 Å². The number of hydrogen-bond acceptors (Lipinski definition) is 6. The summed E-state index contributed by atoms with van der Waals surface area (Å²) in [6.07, 6.45) is 1.55. The number of ether oxygens (including phenoxy) is 3. The van der Waals surface area contributed by atoms with E-state index in [9.17, 15) is 4.79 Å². The fourth-order valence-corrected chi connectivity index (χ4v) is 2.75. The summed E-state index contributed by atoms with van der Waals surface area (Å²) in [5.74, 6) is 0.979. The van der Waals surface area contributed by atoms with Crippen LogP contribution in [0.4, 0.5) is 0 Å². The topological polar surface area (TPSA) is 74.3 Å². The monoisotopic (exact) mass is 316 g/mol. The Bertz CT molecular complexity index is 949. The van der Waals surface area contributed by atoms with Gasteiger partial charge >= 0.3 is 5.63 Å². The Morgan fingerprint density at radius 2 is 1.87 bits per heavy atom. The van der Waals surface area contributed by atoms with Gasteiger partial charge in [-0.1, -0.05) is 0 Å². The molecule has 1 fully saturated rings. The van der Waals surface area contributed by atoms with Gasteiger partial charge in [-0.2, -0.15) is 0 Å². The Kier molecular flexibility index (Phi) is 2.93. The zero-order chi connectivity index (χ0) is 16.2. The fourth-order valence-electron chi connectivity index (χ4n) is 2.75. The molecular weight excluding hydrogens is 300 g/mol. The molecule has 3 aromatic rings. The Labute approximate surface area is 131 Å². The van der Waals surface area contributed by atoms with Gasteiger partial charge in [0.15, 0.2) is 11.2 Å². The molecule has 4 rings (SSSR count). The number of methoxy groups -OCH3 is 1. The summed E-state index contributed by atoms with van der Waals surface area (Å²) in [5, 5.41) is 1.42. The molecule has 120 valence electrons. The van der Waals surface area contributed by atoms with Gasteiger partial charge in [0.2, 0.25) is 5.75 Å². The molecule has 0 unspecified atom stereocenters. The van der Waals surface area contributed by atoms with E-state index in [1.807, 2.05) is 13.8 Å². The van der Waals surface area contributed by atoms with Crippen molar-refractivity contribution in [2.75, 3.05) is 13.7 Å². The van der Waals surface area contributed by atoms with E-state index in [1.54, 1.807) is 25.5 Å². The largest absolute Gasteiger partial charge is 0.495 e. The van der Waals surface area contributed by atoms with E-state index < -0.39 is 5.63 Å². The van der Waals surface area contributed by atoms with Gasteiger partial charge in [0, 0.05) is 6.07 Å². The highest BCUT2D eigenvalue weighted by Crippen LogP contribution is 2.43. The van der Waals surface area contributed by atoms with Gasteiger partial charge in [-0.25, -0.2) is 4.79 Å². The lowest BCUT2D eigenvalue weighted by atomic mass is 10.1. The van der Waals surface area contributed by atoms with Crippen molar-refractivity contribution in [3.05, 3.63) is 34.9 Å². The molecule has 6 nitrogen and oxygen atoms in total. The molecule has 0 N–H and O–H groups in total. The summed E-state index contributed by atoms with van der Waals surface area (Å²) >= 11 is 0. The van der Waals surface area contributed by atoms with Crippen LogP contribution in [0.5, 0.6) is 11.5 Å². The van der Waals surface area contributed by atoms with E-state index in [0.717, 1.165) is 5.39 Å². The molecule has 23 heavy (non-hydrogen) atoms. The SMILES string of the molecule is COc1c2ccoc2c(OC[C@H]2OC2(C)C)c2oc(=O)ccc12. The summed E-state index contributed by atoms with van der Waals surface area (Å²) in [4.78, 5) is 11.6. The van der Waals surface area contributed by atoms with E-state index in [-0.39, 0.29) is 11.7 Å². The zero-order valence-corrected chi connectivity index (χ0v) is 13.0. The van der Waals surface area contributed by atoms with Crippen LogP contribution in [-0.2, 0) is 4.74 Å². The standard InChI is InChI=1S/C17H16O6/c1-17(2)11(23-17)8-21-16-14-10(6-7-20-14)13(19-3)9-4-5-12(18)22-15(9)16/h4-7,11H,8H2,1-3H3/t11-/m1/s1. The lowest BCUT2D eigenvalue weighted by molar-refractivity contribution is 0.254. The van der Waals surface area contributed by atoms with Crippen molar-refractivity contribution in [1.82, 2.24) is 0 Å². The Balaban J connectivity index is 1.90. The van der Waals surface area contributed by atoms with E-state index in [0.29, 0.717) is 34.7 Å². The summed E-state index contributed by atoms with van der Waals surface area (Å²) in [6.45, 7) is 4.34. The molecule has 1 aromatic carbocycles. The molecule has 6 heteroatoms. The van der Waals surface area contributed by atoms with E-state index in [4.69, 9.17) is 23.0 Å². The van der Waals surface area contributed by atoms with Gasteiger partial charge in [-0.3, -0.25) is 0 Å². The summed E-state index contributed by atoms with van der Waals surface area (Å²) in [6, 6.07) is 4.81. The van der Waals surface area contributed by atoms with Crippen LogP contribution in [0.25, 0.3) is 21.9 Å². The number of hydrogen-bond donors (Lipinski definition) is 0. The van der Waals surface area contributed by atoms with Crippen molar-refractivity contribution in [2.45, 2.75) is 25.6 Å². The third-order valence-corrected chi connectivity index (χ3v) is 4.15. The Hall–Kier alpha value is -2.47. The zero-order valence-electron chi connectivity index (χ0n) is 13.0. The predicted molar refractivity (Wildman–Crippen MR) is 83.3 cm³/mol.